The maximum atomic E-state index is 5.91. The predicted molar refractivity (Wildman–Crippen MR) is 80.3 cm³/mol. The van der Waals surface area contributed by atoms with Crippen molar-refractivity contribution in [2.75, 3.05) is 11.1 Å². The molecule has 0 saturated heterocycles. The standard InChI is InChI=1S/C15H26N4/c1-14(2,3)13-17-11(16)10-12(18-13)19-15(4)8-6-5-7-9-15/h10H,5-9H2,1-4H3,(H3,16,17,18,19). The third kappa shape index (κ3) is 3.58. The zero-order valence-corrected chi connectivity index (χ0v) is 12.6. The Morgan fingerprint density at radius 1 is 1.16 bits per heavy atom. The molecule has 1 aliphatic carbocycles. The first-order valence-electron chi connectivity index (χ1n) is 7.22. The quantitative estimate of drug-likeness (QED) is 0.856. The van der Waals surface area contributed by atoms with Crippen LogP contribution in [-0.4, -0.2) is 15.5 Å². The maximum Gasteiger partial charge on any atom is 0.138 e. The molecule has 0 aliphatic heterocycles. The highest BCUT2D eigenvalue weighted by atomic mass is 15.1. The number of anilines is 2. The van der Waals surface area contributed by atoms with Crippen LogP contribution in [-0.2, 0) is 5.41 Å². The van der Waals surface area contributed by atoms with Crippen LogP contribution in [0, 0.1) is 0 Å². The van der Waals surface area contributed by atoms with Crippen LogP contribution in [0.2, 0.25) is 0 Å². The molecule has 0 radical (unpaired) electrons. The van der Waals surface area contributed by atoms with Gasteiger partial charge in [0.25, 0.3) is 0 Å². The molecule has 1 heterocycles. The molecule has 19 heavy (non-hydrogen) atoms. The summed E-state index contributed by atoms with van der Waals surface area (Å²) in [5.74, 6) is 2.21. The van der Waals surface area contributed by atoms with Gasteiger partial charge in [-0.1, -0.05) is 40.0 Å². The fraction of sp³-hybridized carbons (Fsp3) is 0.733. The highest BCUT2D eigenvalue weighted by Crippen LogP contribution is 2.31. The molecule has 3 N–H and O–H groups in total. The van der Waals surface area contributed by atoms with Crippen molar-refractivity contribution in [1.29, 1.82) is 0 Å². The molecule has 1 aliphatic rings. The minimum absolute atomic E-state index is 0.0840. The summed E-state index contributed by atoms with van der Waals surface area (Å²) < 4.78 is 0. The van der Waals surface area contributed by atoms with Crippen molar-refractivity contribution in [3.8, 4) is 0 Å². The first-order valence-corrected chi connectivity index (χ1v) is 7.22. The summed E-state index contributed by atoms with van der Waals surface area (Å²) in [6.45, 7) is 8.59. The smallest absolute Gasteiger partial charge is 0.138 e. The fourth-order valence-electron chi connectivity index (χ4n) is 2.63. The Bertz CT molecular complexity index is 442. The lowest BCUT2D eigenvalue weighted by Crippen LogP contribution is -2.37. The first-order chi connectivity index (χ1) is 8.78. The molecule has 0 atom stereocenters. The normalized spacial score (nSPS) is 19.2. The van der Waals surface area contributed by atoms with Crippen molar-refractivity contribution in [1.82, 2.24) is 9.97 Å². The number of aromatic nitrogens is 2. The van der Waals surface area contributed by atoms with E-state index < -0.39 is 0 Å². The van der Waals surface area contributed by atoms with E-state index in [4.69, 9.17) is 5.73 Å². The molecule has 0 amide bonds. The molecule has 1 aromatic rings. The second kappa shape index (κ2) is 4.99. The Kier molecular flexibility index (Phi) is 3.70. The van der Waals surface area contributed by atoms with Gasteiger partial charge in [0, 0.05) is 17.0 Å². The lowest BCUT2D eigenvalue weighted by Gasteiger charge is -2.35. The van der Waals surface area contributed by atoms with Crippen LogP contribution >= 0.6 is 0 Å². The van der Waals surface area contributed by atoms with E-state index in [-0.39, 0.29) is 11.0 Å². The fourth-order valence-corrected chi connectivity index (χ4v) is 2.63. The molecule has 1 fully saturated rings. The predicted octanol–water partition coefficient (Wildman–Crippen LogP) is 3.49. The van der Waals surface area contributed by atoms with Crippen LogP contribution in [0.5, 0.6) is 0 Å². The first kappa shape index (κ1) is 14.1. The topological polar surface area (TPSA) is 63.8 Å². The second-order valence-electron chi connectivity index (χ2n) is 7.00. The van der Waals surface area contributed by atoms with Gasteiger partial charge in [0.1, 0.15) is 17.5 Å². The molecule has 2 rings (SSSR count). The number of nitrogens with one attached hydrogen (secondary N) is 1. The van der Waals surface area contributed by atoms with Gasteiger partial charge in [0.15, 0.2) is 0 Å². The summed E-state index contributed by atoms with van der Waals surface area (Å²) in [5, 5.41) is 3.58. The zero-order valence-electron chi connectivity index (χ0n) is 12.6. The third-order valence-electron chi connectivity index (χ3n) is 3.80. The average Bonchev–Trinajstić information content (AvgIpc) is 2.27. The van der Waals surface area contributed by atoms with Gasteiger partial charge in [0.2, 0.25) is 0 Å². The van der Waals surface area contributed by atoms with Gasteiger partial charge in [-0.3, -0.25) is 0 Å². The Labute approximate surface area is 116 Å². The number of hydrogen-bond acceptors (Lipinski definition) is 4. The number of nitrogens with zero attached hydrogens (tertiary/aromatic N) is 2. The van der Waals surface area contributed by atoms with E-state index >= 15 is 0 Å². The lowest BCUT2D eigenvalue weighted by molar-refractivity contribution is 0.348. The molecule has 0 bridgehead atoms. The number of nitrogen functional groups attached to an aromatic ring is 1. The average molecular weight is 262 g/mol. The SMILES string of the molecule is CC1(Nc2cc(N)nc(C(C)(C)C)n2)CCCCC1. The molecule has 4 heteroatoms. The summed E-state index contributed by atoms with van der Waals surface area (Å²) in [6.07, 6.45) is 6.31. The number of hydrogen-bond donors (Lipinski definition) is 2. The monoisotopic (exact) mass is 262 g/mol. The van der Waals surface area contributed by atoms with Crippen molar-refractivity contribution in [3.05, 3.63) is 11.9 Å². The van der Waals surface area contributed by atoms with E-state index in [2.05, 4.69) is 43.0 Å². The van der Waals surface area contributed by atoms with E-state index in [1.165, 1.54) is 32.1 Å². The largest absolute Gasteiger partial charge is 0.384 e. The second-order valence-corrected chi connectivity index (χ2v) is 7.00. The molecule has 1 aromatic heterocycles. The lowest BCUT2D eigenvalue weighted by atomic mass is 9.83. The minimum Gasteiger partial charge on any atom is -0.384 e. The van der Waals surface area contributed by atoms with Crippen molar-refractivity contribution in [2.24, 2.45) is 0 Å². The molecule has 106 valence electrons. The van der Waals surface area contributed by atoms with Gasteiger partial charge >= 0.3 is 0 Å². The van der Waals surface area contributed by atoms with Gasteiger partial charge < -0.3 is 11.1 Å². The van der Waals surface area contributed by atoms with E-state index in [0.717, 1.165) is 11.6 Å². The van der Waals surface area contributed by atoms with Gasteiger partial charge in [-0.2, -0.15) is 0 Å². The molecular formula is C15H26N4. The number of rotatable bonds is 2. The molecule has 0 spiro atoms. The zero-order chi connectivity index (χ0) is 14.1. The van der Waals surface area contributed by atoms with E-state index in [0.29, 0.717) is 5.82 Å². The van der Waals surface area contributed by atoms with Gasteiger partial charge in [-0.25, -0.2) is 9.97 Å². The molecule has 1 saturated carbocycles. The Hall–Kier alpha value is -1.32. The van der Waals surface area contributed by atoms with Crippen LogP contribution < -0.4 is 11.1 Å². The van der Waals surface area contributed by atoms with E-state index in [1.54, 1.807) is 0 Å². The molecule has 0 aromatic carbocycles. The highest BCUT2D eigenvalue weighted by molar-refractivity contribution is 5.47. The summed E-state index contributed by atoms with van der Waals surface area (Å²) in [5.41, 5.74) is 5.98. The minimum atomic E-state index is -0.0840. The molecule has 4 nitrogen and oxygen atoms in total. The Balaban J connectivity index is 2.22. The molecular weight excluding hydrogens is 236 g/mol. The van der Waals surface area contributed by atoms with Crippen LogP contribution in [0.3, 0.4) is 0 Å². The van der Waals surface area contributed by atoms with E-state index in [9.17, 15) is 0 Å². The highest BCUT2D eigenvalue weighted by Gasteiger charge is 2.27. The maximum absolute atomic E-state index is 5.91. The van der Waals surface area contributed by atoms with Gasteiger partial charge in [-0.05, 0) is 19.8 Å². The van der Waals surface area contributed by atoms with Crippen molar-refractivity contribution in [3.63, 3.8) is 0 Å². The Morgan fingerprint density at radius 3 is 2.37 bits per heavy atom. The number of nitrogens with two attached hydrogens (primary N) is 1. The Morgan fingerprint density at radius 2 is 1.79 bits per heavy atom. The van der Waals surface area contributed by atoms with Crippen LogP contribution in [0.4, 0.5) is 11.6 Å². The van der Waals surface area contributed by atoms with Crippen LogP contribution in [0.25, 0.3) is 0 Å². The van der Waals surface area contributed by atoms with Crippen molar-refractivity contribution < 1.29 is 0 Å². The van der Waals surface area contributed by atoms with Gasteiger partial charge in [0.05, 0.1) is 0 Å². The van der Waals surface area contributed by atoms with Gasteiger partial charge in [-0.15, -0.1) is 0 Å². The van der Waals surface area contributed by atoms with Crippen molar-refractivity contribution in [2.45, 2.75) is 70.8 Å². The van der Waals surface area contributed by atoms with E-state index in [1.807, 2.05) is 6.07 Å². The summed E-state index contributed by atoms with van der Waals surface area (Å²) in [7, 11) is 0. The molecule has 0 unspecified atom stereocenters. The van der Waals surface area contributed by atoms with Crippen LogP contribution in [0.15, 0.2) is 6.07 Å². The van der Waals surface area contributed by atoms with Crippen molar-refractivity contribution >= 4 is 11.6 Å². The summed E-state index contributed by atoms with van der Waals surface area (Å²) >= 11 is 0. The summed E-state index contributed by atoms with van der Waals surface area (Å²) in [6, 6.07) is 1.84. The summed E-state index contributed by atoms with van der Waals surface area (Å²) in [4.78, 5) is 8.99. The van der Waals surface area contributed by atoms with Crippen LogP contribution in [0.1, 0.15) is 65.6 Å². The third-order valence-corrected chi connectivity index (χ3v) is 3.80.